The summed E-state index contributed by atoms with van der Waals surface area (Å²) in [5.74, 6) is 2.48. The van der Waals surface area contributed by atoms with Gasteiger partial charge in [0.1, 0.15) is 23.9 Å². The summed E-state index contributed by atoms with van der Waals surface area (Å²) in [5.41, 5.74) is 0. The Morgan fingerprint density at radius 3 is 3.12 bits per heavy atom. The van der Waals surface area contributed by atoms with Gasteiger partial charge in [-0.15, -0.1) is 0 Å². The molecule has 0 spiro atoms. The second-order valence-electron chi connectivity index (χ2n) is 5.96. The largest absolute Gasteiger partial charge is 0.466 e. The van der Waals surface area contributed by atoms with Crippen LogP contribution in [0.5, 0.6) is 6.01 Å². The number of halogens is 1. The normalized spacial score (nSPS) is 19.2. The third-order valence-corrected chi connectivity index (χ3v) is 4.23. The lowest BCUT2D eigenvalue weighted by Gasteiger charge is -2.21. The maximum Gasteiger partial charge on any atom is 0.318 e. The van der Waals surface area contributed by atoms with Gasteiger partial charge in [0, 0.05) is 19.4 Å². The summed E-state index contributed by atoms with van der Waals surface area (Å²) in [6, 6.07) is 3.65. The van der Waals surface area contributed by atoms with Crippen LogP contribution in [0.2, 0.25) is 0 Å². The van der Waals surface area contributed by atoms with Crippen LogP contribution >= 0.6 is 0 Å². The zero-order valence-electron chi connectivity index (χ0n) is 13.5. The lowest BCUT2D eigenvalue weighted by atomic mass is 9.92. The third kappa shape index (κ3) is 3.67. The molecule has 3 heterocycles. The number of nitrogens with zero attached hydrogens (tertiary/aromatic N) is 2. The van der Waals surface area contributed by atoms with Gasteiger partial charge in [0.2, 0.25) is 6.79 Å². The van der Waals surface area contributed by atoms with Gasteiger partial charge in [-0.3, -0.25) is 0 Å². The Balaban J connectivity index is 1.34. The number of hydrogen-bond donors (Lipinski definition) is 1. The Hall–Kier alpha value is -2.77. The summed E-state index contributed by atoms with van der Waals surface area (Å²) in [6.07, 6.45) is 5.26. The summed E-state index contributed by atoms with van der Waals surface area (Å²) >= 11 is 0. The smallest absolute Gasteiger partial charge is 0.318 e. The SMILES string of the molecule is Fc1cnc(OCc2ccco2)nc1NCC1CCC2=C(C1)OCO2. The van der Waals surface area contributed by atoms with E-state index in [2.05, 4.69) is 15.3 Å². The standard InChI is InChI=1S/C17H18FN3O4/c18-13-8-20-17(23-9-12-2-1-5-22-12)21-16(13)19-7-11-3-4-14-15(6-11)25-10-24-14/h1-2,5,8,11H,3-4,6-7,9-10H2,(H,19,20,21). The minimum Gasteiger partial charge on any atom is -0.466 e. The zero-order valence-corrected chi connectivity index (χ0v) is 13.5. The number of allylic oxidation sites excluding steroid dienone is 2. The van der Waals surface area contributed by atoms with Crippen molar-refractivity contribution in [3.8, 4) is 6.01 Å². The Morgan fingerprint density at radius 1 is 1.32 bits per heavy atom. The van der Waals surface area contributed by atoms with Crippen molar-refractivity contribution in [3.63, 3.8) is 0 Å². The molecule has 2 aromatic heterocycles. The van der Waals surface area contributed by atoms with Gasteiger partial charge in [-0.05, 0) is 24.5 Å². The van der Waals surface area contributed by atoms with Crippen LogP contribution in [0.1, 0.15) is 25.0 Å². The van der Waals surface area contributed by atoms with Crippen LogP contribution in [0.15, 0.2) is 40.5 Å². The highest BCUT2D eigenvalue weighted by Gasteiger charge is 2.27. The number of aromatic nitrogens is 2. The minimum atomic E-state index is -0.512. The fourth-order valence-electron chi connectivity index (χ4n) is 2.91. The van der Waals surface area contributed by atoms with Crippen LogP contribution in [0.4, 0.5) is 10.2 Å². The summed E-state index contributed by atoms with van der Waals surface area (Å²) in [7, 11) is 0. The lowest BCUT2D eigenvalue weighted by molar-refractivity contribution is 0.0690. The van der Waals surface area contributed by atoms with E-state index in [1.54, 1.807) is 18.4 Å². The van der Waals surface area contributed by atoms with E-state index >= 15 is 0 Å². The Kier molecular flexibility index (Phi) is 4.41. The van der Waals surface area contributed by atoms with Crippen LogP contribution in [0.25, 0.3) is 0 Å². The van der Waals surface area contributed by atoms with Crippen molar-refractivity contribution in [3.05, 3.63) is 47.7 Å². The van der Waals surface area contributed by atoms with Crippen LogP contribution in [-0.2, 0) is 16.1 Å². The second kappa shape index (κ2) is 7.00. The first-order valence-corrected chi connectivity index (χ1v) is 8.17. The van der Waals surface area contributed by atoms with Gasteiger partial charge in [0.25, 0.3) is 0 Å². The molecule has 0 amide bonds. The highest BCUT2D eigenvalue weighted by molar-refractivity contribution is 5.36. The molecule has 0 saturated carbocycles. The molecule has 132 valence electrons. The molecule has 1 unspecified atom stereocenters. The molecule has 25 heavy (non-hydrogen) atoms. The van der Waals surface area contributed by atoms with Crippen molar-refractivity contribution in [1.82, 2.24) is 9.97 Å². The fourth-order valence-corrected chi connectivity index (χ4v) is 2.91. The van der Waals surface area contributed by atoms with Crippen molar-refractivity contribution >= 4 is 5.82 Å². The molecule has 8 heteroatoms. The van der Waals surface area contributed by atoms with E-state index < -0.39 is 5.82 Å². The van der Waals surface area contributed by atoms with E-state index in [0.717, 1.165) is 37.0 Å². The first kappa shape index (κ1) is 15.7. The molecule has 1 aliphatic heterocycles. The molecule has 2 aromatic rings. The molecule has 0 aromatic carbocycles. The first-order chi connectivity index (χ1) is 12.3. The van der Waals surface area contributed by atoms with E-state index in [1.807, 2.05) is 0 Å². The van der Waals surface area contributed by atoms with E-state index in [1.165, 1.54) is 0 Å². The van der Waals surface area contributed by atoms with Gasteiger partial charge in [-0.25, -0.2) is 9.37 Å². The predicted molar refractivity (Wildman–Crippen MR) is 84.9 cm³/mol. The van der Waals surface area contributed by atoms with Crippen molar-refractivity contribution in [2.24, 2.45) is 5.92 Å². The molecule has 1 N–H and O–H groups in total. The molecule has 4 rings (SSSR count). The predicted octanol–water partition coefficient (Wildman–Crippen LogP) is 3.22. The van der Waals surface area contributed by atoms with Gasteiger partial charge >= 0.3 is 6.01 Å². The Morgan fingerprint density at radius 2 is 2.24 bits per heavy atom. The summed E-state index contributed by atoms with van der Waals surface area (Å²) < 4.78 is 35.4. The van der Waals surface area contributed by atoms with Crippen LogP contribution in [0.3, 0.4) is 0 Å². The number of furan rings is 1. The van der Waals surface area contributed by atoms with Crippen molar-refractivity contribution in [2.45, 2.75) is 25.9 Å². The Labute approximate surface area is 143 Å². The number of hydrogen-bond acceptors (Lipinski definition) is 7. The average molecular weight is 347 g/mol. The molecular formula is C17H18FN3O4. The van der Waals surface area contributed by atoms with Gasteiger partial charge in [-0.2, -0.15) is 4.98 Å². The topological polar surface area (TPSA) is 78.6 Å². The lowest BCUT2D eigenvalue weighted by Crippen LogP contribution is -2.20. The highest BCUT2D eigenvalue weighted by Crippen LogP contribution is 2.34. The van der Waals surface area contributed by atoms with Crippen LogP contribution < -0.4 is 10.1 Å². The van der Waals surface area contributed by atoms with Gasteiger partial charge in [-0.1, -0.05) is 0 Å². The molecule has 1 atom stereocenters. The summed E-state index contributed by atoms with van der Waals surface area (Å²) in [4.78, 5) is 7.94. The summed E-state index contributed by atoms with van der Waals surface area (Å²) in [6.45, 7) is 1.09. The second-order valence-corrected chi connectivity index (χ2v) is 5.96. The molecule has 2 aliphatic rings. The van der Waals surface area contributed by atoms with Gasteiger partial charge in [0.05, 0.1) is 12.5 Å². The summed E-state index contributed by atoms with van der Waals surface area (Å²) in [5, 5.41) is 3.05. The number of rotatable bonds is 6. The van der Waals surface area contributed by atoms with Crippen molar-refractivity contribution in [2.75, 3.05) is 18.7 Å². The average Bonchev–Trinajstić information content (AvgIpc) is 3.31. The number of nitrogens with one attached hydrogen (secondary N) is 1. The highest BCUT2D eigenvalue weighted by atomic mass is 19.1. The van der Waals surface area contributed by atoms with Crippen LogP contribution in [-0.4, -0.2) is 23.3 Å². The molecule has 0 saturated heterocycles. The molecule has 7 nitrogen and oxygen atoms in total. The molecule has 0 radical (unpaired) electrons. The molecular weight excluding hydrogens is 329 g/mol. The van der Waals surface area contributed by atoms with Crippen molar-refractivity contribution in [1.29, 1.82) is 0 Å². The van der Waals surface area contributed by atoms with Crippen LogP contribution in [0, 0.1) is 11.7 Å². The van der Waals surface area contributed by atoms with E-state index in [4.69, 9.17) is 18.6 Å². The monoisotopic (exact) mass is 347 g/mol. The maximum absolute atomic E-state index is 13.9. The molecule has 0 bridgehead atoms. The van der Waals surface area contributed by atoms with Gasteiger partial charge in [0.15, 0.2) is 11.6 Å². The maximum atomic E-state index is 13.9. The fraction of sp³-hybridized carbons (Fsp3) is 0.412. The first-order valence-electron chi connectivity index (χ1n) is 8.17. The van der Waals surface area contributed by atoms with Gasteiger partial charge < -0.3 is 23.9 Å². The molecule has 0 fully saturated rings. The third-order valence-electron chi connectivity index (χ3n) is 4.23. The quantitative estimate of drug-likeness (QED) is 0.859. The molecule has 1 aliphatic carbocycles. The number of anilines is 1. The minimum absolute atomic E-state index is 0.0986. The van der Waals surface area contributed by atoms with E-state index in [-0.39, 0.29) is 18.4 Å². The number of ether oxygens (including phenoxy) is 3. The van der Waals surface area contributed by atoms with E-state index in [9.17, 15) is 4.39 Å². The van der Waals surface area contributed by atoms with Crippen molar-refractivity contribution < 1.29 is 23.0 Å². The zero-order chi connectivity index (χ0) is 17.1. The van der Waals surface area contributed by atoms with E-state index in [0.29, 0.717) is 25.0 Å². The Bertz CT molecular complexity index is 763.